The van der Waals surface area contributed by atoms with Gasteiger partial charge in [0.2, 0.25) is 17.7 Å². The van der Waals surface area contributed by atoms with E-state index >= 15 is 0 Å². The van der Waals surface area contributed by atoms with Gasteiger partial charge in [0, 0.05) is 17.1 Å². The number of nitrogens with one attached hydrogen (secondary N) is 2. The van der Waals surface area contributed by atoms with Gasteiger partial charge in [-0.1, -0.05) is 23.7 Å². The molecule has 3 aliphatic rings. The summed E-state index contributed by atoms with van der Waals surface area (Å²) in [5.41, 5.74) is -1.18. The molecular formula is C19H22ClN3O4. The highest BCUT2D eigenvalue weighted by Crippen LogP contribution is 2.55. The zero-order valence-corrected chi connectivity index (χ0v) is 16.3. The van der Waals surface area contributed by atoms with Crippen LogP contribution in [-0.2, 0) is 19.9 Å². The van der Waals surface area contributed by atoms with Gasteiger partial charge in [0.1, 0.15) is 5.54 Å². The van der Waals surface area contributed by atoms with Crippen molar-refractivity contribution >= 4 is 35.0 Å². The van der Waals surface area contributed by atoms with Gasteiger partial charge < -0.3 is 10.4 Å². The fourth-order valence-electron chi connectivity index (χ4n) is 4.80. The number of aliphatic hydroxyl groups excluding tert-OH is 1. The number of hydrogen-bond acceptors (Lipinski definition) is 5. The van der Waals surface area contributed by atoms with Crippen LogP contribution in [-0.4, -0.2) is 45.4 Å². The van der Waals surface area contributed by atoms with Crippen molar-refractivity contribution in [1.82, 2.24) is 10.2 Å². The number of carbonyl (C=O) groups is 3. The Morgan fingerprint density at radius 3 is 2.48 bits per heavy atom. The lowest BCUT2D eigenvalue weighted by atomic mass is 9.76. The molecule has 0 aromatic heterocycles. The summed E-state index contributed by atoms with van der Waals surface area (Å²) in [5, 5.41) is 16.6. The molecule has 0 bridgehead atoms. The molecule has 1 aromatic rings. The van der Waals surface area contributed by atoms with Gasteiger partial charge in [0.25, 0.3) is 0 Å². The number of para-hydroxylation sites is 1. The molecular weight excluding hydrogens is 370 g/mol. The Kier molecular flexibility index (Phi) is 3.77. The second kappa shape index (κ2) is 5.53. The fraction of sp³-hybridized carbons (Fsp3) is 0.526. The van der Waals surface area contributed by atoms with Crippen molar-refractivity contribution < 1.29 is 19.5 Å². The van der Waals surface area contributed by atoms with Crippen LogP contribution in [0.1, 0.15) is 33.3 Å². The third-order valence-electron chi connectivity index (χ3n) is 5.82. The molecule has 144 valence electrons. The van der Waals surface area contributed by atoms with E-state index in [9.17, 15) is 19.5 Å². The van der Waals surface area contributed by atoms with Crippen molar-refractivity contribution in [1.29, 1.82) is 0 Å². The SMILES string of the molecule is C[C@H](O)[C@@H]1N[C@]2(C(=O)Nc3c(Cl)cccc32)[C@@H]2C(=O)N(C(C)(C)C)C(=O)[C@H]12. The summed E-state index contributed by atoms with van der Waals surface area (Å²) in [6, 6.07) is 4.36. The van der Waals surface area contributed by atoms with Gasteiger partial charge in [-0.2, -0.15) is 0 Å². The van der Waals surface area contributed by atoms with E-state index in [1.807, 2.05) is 0 Å². The Morgan fingerprint density at radius 1 is 1.22 bits per heavy atom. The van der Waals surface area contributed by atoms with Gasteiger partial charge in [-0.05, 0) is 33.8 Å². The lowest BCUT2D eigenvalue weighted by molar-refractivity contribution is -0.148. The van der Waals surface area contributed by atoms with Crippen molar-refractivity contribution in [3.05, 3.63) is 28.8 Å². The van der Waals surface area contributed by atoms with Crippen molar-refractivity contribution in [2.24, 2.45) is 11.8 Å². The average Bonchev–Trinajstić information content (AvgIpc) is 3.13. The topological polar surface area (TPSA) is 98.7 Å². The first-order chi connectivity index (χ1) is 12.5. The van der Waals surface area contributed by atoms with Gasteiger partial charge >= 0.3 is 0 Å². The first kappa shape index (κ1) is 18.4. The number of imide groups is 1. The number of likely N-dealkylation sites (tertiary alicyclic amines) is 1. The Bertz CT molecular complexity index is 878. The molecule has 0 radical (unpaired) electrons. The fourth-order valence-corrected chi connectivity index (χ4v) is 5.02. The zero-order chi connectivity index (χ0) is 19.9. The summed E-state index contributed by atoms with van der Waals surface area (Å²) >= 11 is 6.25. The highest BCUT2D eigenvalue weighted by Gasteiger charge is 2.72. The summed E-state index contributed by atoms with van der Waals surface area (Å²) in [6.07, 6.45) is -0.926. The zero-order valence-electron chi connectivity index (χ0n) is 15.5. The third-order valence-corrected chi connectivity index (χ3v) is 6.14. The summed E-state index contributed by atoms with van der Waals surface area (Å²) in [5.74, 6) is -2.97. The molecule has 3 heterocycles. The van der Waals surface area contributed by atoms with Crippen molar-refractivity contribution in [3.8, 4) is 0 Å². The maximum absolute atomic E-state index is 13.4. The van der Waals surface area contributed by atoms with E-state index in [0.717, 1.165) is 0 Å². The molecule has 0 aliphatic carbocycles. The van der Waals surface area contributed by atoms with Gasteiger partial charge in [0.15, 0.2) is 0 Å². The van der Waals surface area contributed by atoms with E-state index < -0.39 is 46.9 Å². The van der Waals surface area contributed by atoms with E-state index in [4.69, 9.17) is 11.6 Å². The van der Waals surface area contributed by atoms with Gasteiger partial charge in [-0.25, -0.2) is 0 Å². The minimum absolute atomic E-state index is 0.362. The number of nitrogens with zero attached hydrogens (tertiary/aromatic N) is 1. The average molecular weight is 392 g/mol. The molecule has 8 heteroatoms. The van der Waals surface area contributed by atoms with E-state index in [1.54, 1.807) is 45.9 Å². The van der Waals surface area contributed by atoms with Crippen LogP contribution in [0.3, 0.4) is 0 Å². The lowest BCUT2D eigenvalue weighted by Crippen LogP contribution is -2.57. The van der Waals surface area contributed by atoms with Gasteiger partial charge in [-0.15, -0.1) is 0 Å². The van der Waals surface area contributed by atoms with Crippen LogP contribution in [0.2, 0.25) is 5.02 Å². The standard InChI is InChI=1S/C19H22ClN3O4/c1-8(24)13-11-12(16(26)23(15(11)25)18(2,3)4)19(22-13)9-6-5-7-10(20)14(9)21-17(19)27/h5-8,11-13,22,24H,1-4H3,(H,21,27)/t8-,11-,12-,13-,19-/m0/s1. The number of rotatable bonds is 1. The molecule has 7 nitrogen and oxygen atoms in total. The maximum Gasteiger partial charge on any atom is 0.250 e. The molecule has 1 spiro atoms. The van der Waals surface area contributed by atoms with Gasteiger partial charge in [-0.3, -0.25) is 24.6 Å². The molecule has 0 saturated carbocycles. The molecule has 3 aliphatic heterocycles. The summed E-state index contributed by atoms with van der Waals surface area (Å²) in [7, 11) is 0. The minimum Gasteiger partial charge on any atom is -0.392 e. The van der Waals surface area contributed by atoms with Crippen LogP contribution in [0.5, 0.6) is 0 Å². The molecule has 0 unspecified atom stereocenters. The number of benzene rings is 1. The van der Waals surface area contributed by atoms with Crippen LogP contribution in [0, 0.1) is 11.8 Å². The van der Waals surface area contributed by atoms with E-state index in [-0.39, 0.29) is 5.91 Å². The monoisotopic (exact) mass is 391 g/mol. The normalized spacial score (nSPS) is 33.5. The smallest absolute Gasteiger partial charge is 0.250 e. The van der Waals surface area contributed by atoms with Crippen LogP contribution in [0.4, 0.5) is 5.69 Å². The molecule has 3 N–H and O–H groups in total. The largest absolute Gasteiger partial charge is 0.392 e. The number of hydrogen-bond donors (Lipinski definition) is 3. The Hall–Kier alpha value is -1.96. The Morgan fingerprint density at radius 2 is 1.89 bits per heavy atom. The highest BCUT2D eigenvalue weighted by molar-refractivity contribution is 6.35. The van der Waals surface area contributed by atoms with Crippen LogP contribution in [0.15, 0.2) is 18.2 Å². The molecule has 5 atom stereocenters. The second-order valence-electron chi connectivity index (χ2n) is 8.52. The predicted molar refractivity (Wildman–Crippen MR) is 99.0 cm³/mol. The molecule has 2 fully saturated rings. The number of aliphatic hydroxyl groups is 1. The summed E-state index contributed by atoms with van der Waals surface area (Å²) < 4.78 is 0. The first-order valence-corrected chi connectivity index (χ1v) is 9.33. The van der Waals surface area contributed by atoms with Crippen molar-refractivity contribution in [2.45, 2.75) is 50.9 Å². The first-order valence-electron chi connectivity index (χ1n) is 8.96. The minimum atomic E-state index is -1.43. The molecule has 27 heavy (non-hydrogen) atoms. The van der Waals surface area contributed by atoms with E-state index in [0.29, 0.717) is 16.3 Å². The Labute approximate surface area is 162 Å². The Balaban J connectivity index is 1.95. The molecule has 1 aromatic carbocycles. The third kappa shape index (κ3) is 2.19. The predicted octanol–water partition coefficient (Wildman–Crippen LogP) is 1.24. The number of fused-ring (bicyclic) bond motifs is 4. The number of anilines is 1. The highest BCUT2D eigenvalue weighted by atomic mass is 35.5. The molecule has 3 amide bonds. The maximum atomic E-state index is 13.4. The molecule has 4 rings (SSSR count). The van der Waals surface area contributed by atoms with E-state index in [2.05, 4.69) is 10.6 Å². The van der Waals surface area contributed by atoms with Crippen LogP contribution >= 0.6 is 11.6 Å². The number of carbonyl (C=O) groups excluding carboxylic acids is 3. The van der Waals surface area contributed by atoms with Crippen molar-refractivity contribution in [3.63, 3.8) is 0 Å². The summed E-state index contributed by atoms with van der Waals surface area (Å²) in [4.78, 5) is 40.9. The van der Waals surface area contributed by atoms with Crippen LogP contribution in [0.25, 0.3) is 0 Å². The van der Waals surface area contributed by atoms with Gasteiger partial charge in [0.05, 0.1) is 28.6 Å². The lowest BCUT2D eigenvalue weighted by Gasteiger charge is -2.35. The quantitative estimate of drug-likeness (QED) is 0.625. The van der Waals surface area contributed by atoms with Crippen LogP contribution < -0.4 is 10.6 Å². The number of amides is 3. The van der Waals surface area contributed by atoms with E-state index in [1.165, 1.54) is 4.90 Å². The second-order valence-corrected chi connectivity index (χ2v) is 8.93. The van der Waals surface area contributed by atoms with Crippen molar-refractivity contribution in [2.75, 3.05) is 5.32 Å². The number of halogens is 1. The summed E-state index contributed by atoms with van der Waals surface area (Å²) in [6.45, 7) is 6.89. The molecule has 2 saturated heterocycles.